The topological polar surface area (TPSA) is 24.9 Å². The summed E-state index contributed by atoms with van der Waals surface area (Å²) < 4.78 is 0. The molecule has 0 radical (unpaired) electrons. The number of pyridine rings is 1. The van der Waals surface area contributed by atoms with E-state index < -0.39 is 0 Å². The highest BCUT2D eigenvalue weighted by molar-refractivity contribution is 5.79. The largest absolute Gasteiger partial charge is 0.312 e. The summed E-state index contributed by atoms with van der Waals surface area (Å²) in [5, 5.41) is 4.80. The lowest BCUT2D eigenvalue weighted by atomic mass is 9.81. The first-order valence-electron chi connectivity index (χ1n) is 7.38. The van der Waals surface area contributed by atoms with Crippen molar-refractivity contribution < 1.29 is 0 Å². The zero-order valence-corrected chi connectivity index (χ0v) is 13.3. The molecule has 0 spiro atoms. The summed E-state index contributed by atoms with van der Waals surface area (Å²) in [5.41, 5.74) is 2.81. The van der Waals surface area contributed by atoms with Gasteiger partial charge in [0.05, 0.1) is 5.52 Å². The van der Waals surface area contributed by atoms with Gasteiger partial charge in [-0.3, -0.25) is 4.98 Å². The predicted molar refractivity (Wildman–Crippen MR) is 87.1 cm³/mol. The van der Waals surface area contributed by atoms with Crippen molar-refractivity contribution in [2.24, 2.45) is 0 Å². The molecule has 1 aromatic heterocycles. The minimum Gasteiger partial charge on any atom is -0.312 e. The van der Waals surface area contributed by atoms with Gasteiger partial charge in [0.25, 0.3) is 0 Å². The van der Waals surface area contributed by atoms with Gasteiger partial charge in [0, 0.05) is 17.1 Å². The van der Waals surface area contributed by atoms with Gasteiger partial charge < -0.3 is 5.32 Å². The Morgan fingerprint density at radius 1 is 1.05 bits per heavy atom. The Hall–Kier alpha value is -1.41. The molecule has 0 amide bonds. The second-order valence-electron chi connectivity index (χ2n) is 7.22. The molecule has 0 aliphatic carbocycles. The van der Waals surface area contributed by atoms with Gasteiger partial charge in [0.2, 0.25) is 0 Å². The highest BCUT2D eigenvalue weighted by Crippen LogP contribution is 2.29. The number of hydrogen-bond acceptors (Lipinski definition) is 2. The van der Waals surface area contributed by atoms with E-state index in [1.165, 1.54) is 10.9 Å². The van der Waals surface area contributed by atoms with Crippen molar-refractivity contribution in [2.75, 3.05) is 6.54 Å². The molecule has 108 valence electrons. The molecule has 1 N–H and O–H groups in total. The average molecular weight is 270 g/mol. The fourth-order valence-electron chi connectivity index (χ4n) is 2.39. The summed E-state index contributed by atoms with van der Waals surface area (Å²) in [5.74, 6) is 0. The SMILES string of the molecule is CC(C)(C)NCCC(C)(C)c1ccc2ncccc2c1. The molecule has 2 aromatic rings. The summed E-state index contributed by atoms with van der Waals surface area (Å²) in [6, 6.07) is 10.8. The molecule has 0 fully saturated rings. The van der Waals surface area contributed by atoms with E-state index in [2.05, 4.69) is 69.2 Å². The molecule has 2 heteroatoms. The first-order valence-corrected chi connectivity index (χ1v) is 7.38. The van der Waals surface area contributed by atoms with Gasteiger partial charge in [-0.2, -0.15) is 0 Å². The maximum Gasteiger partial charge on any atom is 0.0702 e. The Balaban J connectivity index is 2.14. The van der Waals surface area contributed by atoms with E-state index >= 15 is 0 Å². The molecule has 0 saturated carbocycles. The lowest BCUT2D eigenvalue weighted by Crippen LogP contribution is -2.38. The third-order valence-electron chi connectivity index (χ3n) is 3.79. The standard InChI is InChI=1S/C18H26N2/c1-17(2,3)20-12-10-18(4,5)15-8-9-16-14(13-15)7-6-11-19-16/h6-9,11,13,20H,10,12H2,1-5H3. The summed E-state index contributed by atoms with van der Waals surface area (Å²) >= 11 is 0. The number of nitrogens with one attached hydrogen (secondary N) is 1. The fraction of sp³-hybridized carbons (Fsp3) is 0.500. The van der Waals surface area contributed by atoms with E-state index in [1.807, 2.05) is 12.3 Å². The molecule has 1 heterocycles. The molecule has 20 heavy (non-hydrogen) atoms. The van der Waals surface area contributed by atoms with Gasteiger partial charge in [-0.15, -0.1) is 0 Å². The maximum atomic E-state index is 4.39. The van der Waals surface area contributed by atoms with Gasteiger partial charge in [-0.25, -0.2) is 0 Å². The number of hydrogen-bond donors (Lipinski definition) is 1. The Morgan fingerprint density at radius 3 is 2.50 bits per heavy atom. The van der Waals surface area contributed by atoms with Crippen LogP contribution in [0.25, 0.3) is 10.9 Å². The summed E-state index contributed by atoms with van der Waals surface area (Å²) in [4.78, 5) is 4.39. The van der Waals surface area contributed by atoms with Crippen LogP contribution in [0.4, 0.5) is 0 Å². The van der Waals surface area contributed by atoms with E-state index in [0.717, 1.165) is 18.5 Å². The van der Waals surface area contributed by atoms with Crippen LogP contribution in [0.2, 0.25) is 0 Å². The van der Waals surface area contributed by atoms with E-state index in [0.29, 0.717) is 0 Å². The van der Waals surface area contributed by atoms with Crippen molar-refractivity contribution in [2.45, 2.75) is 52.0 Å². The highest BCUT2D eigenvalue weighted by atomic mass is 14.9. The van der Waals surface area contributed by atoms with Crippen LogP contribution in [0.15, 0.2) is 36.5 Å². The molecule has 2 nitrogen and oxygen atoms in total. The number of nitrogens with zero attached hydrogens (tertiary/aromatic N) is 1. The third kappa shape index (κ3) is 3.80. The molecule has 2 rings (SSSR count). The predicted octanol–water partition coefficient (Wildman–Crippen LogP) is 4.29. The Bertz CT molecular complexity index is 579. The van der Waals surface area contributed by atoms with Crippen molar-refractivity contribution in [3.05, 3.63) is 42.1 Å². The summed E-state index contributed by atoms with van der Waals surface area (Å²) in [6.45, 7) is 12.3. The molecule has 0 unspecified atom stereocenters. The van der Waals surface area contributed by atoms with Crippen LogP contribution in [-0.2, 0) is 5.41 Å². The maximum absolute atomic E-state index is 4.39. The molecule has 0 aliphatic heterocycles. The molecule has 0 aliphatic rings. The number of rotatable bonds is 4. The zero-order chi connectivity index (χ0) is 14.8. The number of aromatic nitrogens is 1. The lowest BCUT2D eigenvalue weighted by Gasteiger charge is -2.28. The zero-order valence-electron chi connectivity index (χ0n) is 13.3. The Morgan fingerprint density at radius 2 is 1.80 bits per heavy atom. The van der Waals surface area contributed by atoms with Gasteiger partial charge in [0.15, 0.2) is 0 Å². The van der Waals surface area contributed by atoms with Crippen molar-refractivity contribution in [3.8, 4) is 0 Å². The van der Waals surface area contributed by atoms with Gasteiger partial charge in [0.1, 0.15) is 0 Å². The molecule has 0 saturated heterocycles. The van der Waals surface area contributed by atoms with Crippen LogP contribution in [0.3, 0.4) is 0 Å². The van der Waals surface area contributed by atoms with E-state index in [1.54, 1.807) is 0 Å². The summed E-state index contributed by atoms with van der Waals surface area (Å²) in [6.07, 6.45) is 2.97. The summed E-state index contributed by atoms with van der Waals surface area (Å²) in [7, 11) is 0. The van der Waals surface area contributed by atoms with Crippen LogP contribution in [0.1, 0.15) is 46.6 Å². The second-order valence-corrected chi connectivity index (χ2v) is 7.22. The van der Waals surface area contributed by atoms with E-state index in [-0.39, 0.29) is 11.0 Å². The number of fused-ring (bicyclic) bond motifs is 1. The van der Waals surface area contributed by atoms with Gasteiger partial charge >= 0.3 is 0 Å². The van der Waals surface area contributed by atoms with Crippen LogP contribution in [-0.4, -0.2) is 17.1 Å². The first-order chi connectivity index (χ1) is 9.28. The normalized spacial score (nSPS) is 12.8. The van der Waals surface area contributed by atoms with Crippen molar-refractivity contribution in [1.82, 2.24) is 10.3 Å². The highest BCUT2D eigenvalue weighted by Gasteiger charge is 2.21. The minimum atomic E-state index is 0.169. The Labute approximate surface area is 122 Å². The van der Waals surface area contributed by atoms with Crippen LogP contribution >= 0.6 is 0 Å². The van der Waals surface area contributed by atoms with Gasteiger partial charge in [-0.05, 0) is 62.9 Å². The number of benzene rings is 1. The first kappa shape index (κ1) is 15.0. The molecular formula is C18H26N2. The molecule has 1 aromatic carbocycles. The lowest BCUT2D eigenvalue weighted by molar-refractivity contribution is 0.379. The van der Waals surface area contributed by atoms with E-state index in [9.17, 15) is 0 Å². The minimum absolute atomic E-state index is 0.169. The Kier molecular flexibility index (Phi) is 4.14. The second kappa shape index (κ2) is 5.53. The molecular weight excluding hydrogens is 244 g/mol. The van der Waals surface area contributed by atoms with Crippen LogP contribution in [0.5, 0.6) is 0 Å². The quantitative estimate of drug-likeness (QED) is 0.896. The molecule has 0 atom stereocenters. The molecule has 0 bridgehead atoms. The van der Waals surface area contributed by atoms with Gasteiger partial charge in [-0.1, -0.05) is 26.0 Å². The third-order valence-corrected chi connectivity index (χ3v) is 3.79. The average Bonchev–Trinajstić information content (AvgIpc) is 2.36. The van der Waals surface area contributed by atoms with Crippen molar-refractivity contribution in [1.29, 1.82) is 0 Å². The van der Waals surface area contributed by atoms with Crippen molar-refractivity contribution >= 4 is 10.9 Å². The smallest absolute Gasteiger partial charge is 0.0702 e. The van der Waals surface area contributed by atoms with Crippen LogP contribution < -0.4 is 5.32 Å². The fourth-order valence-corrected chi connectivity index (χ4v) is 2.39. The monoisotopic (exact) mass is 270 g/mol. The van der Waals surface area contributed by atoms with Crippen LogP contribution in [0, 0.1) is 0 Å². The van der Waals surface area contributed by atoms with E-state index in [4.69, 9.17) is 0 Å². The van der Waals surface area contributed by atoms with Crippen molar-refractivity contribution in [3.63, 3.8) is 0 Å².